The van der Waals surface area contributed by atoms with E-state index in [1.807, 2.05) is 67.6 Å². The van der Waals surface area contributed by atoms with Crippen LogP contribution in [0.3, 0.4) is 0 Å². The summed E-state index contributed by atoms with van der Waals surface area (Å²) >= 11 is 0. The summed E-state index contributed by atoms with van der Waals surface area (Å²) in [5, 5.41) is 12.3. The van der Waals surface area contributed by atoms with Crippen molar-refractivity contribution < 1.29 is 22.8 Å². The van der Waals surface area contributed by atoms with Crippen molar-refractivity contribution >= 4 is 33.4 Å². The summed E-state index contributed by atoms with van der Waals surface area (Å²) in [4.78, 5) is 40.4. The largest absolute Gasteiger partial charge is 0.354 e. The van der Waals surface area contributed by atoms with E-state index in [1.54, 1.807) is 25.1 Å². The van der Waals surface area contributed by atoms with Crippen molar-refractivity contribution in [2.45, 2.75) is 56.1 Å². The quantitative estimate of drug-likeness (QED) is 0.132. The molecule has 1 aliphatic rings. The molecule has 3 amide bonds. The number of carbonyl (C=O) groups is 3. The highest BCUT2D eigenvalue weighted by Gasteiger charge is 2.26. The van der Waals surface area contributed by atoms with E-state index in [2.05, 4.69) is 21.3 Å². The molecule has 0 aromatic heterocycles. The first-order valence-corrected chi connectivity index (χ1v) is 18.4. The molecule has 10 nitrogen and oxygen atoms in total. The van der Waals surface area contributed by atoms with E-state index in [0.717, 1.165) is 28.3 Å². The summed E-state index contributed by atoms with van der Waals surface area (Å²) < 4.78 is 28.3. The minimum Gasteiger partial charge on any atom is -0.354 e. The van der Waals surface area contributed by atoms with Crippen LogP contribution in [0.25, 0.3) is 0 Å². The van der Waals surface area contributed by atoms with E-state index in [9.17, 15) is 22.8 Å². The third-order valence-corrected chi connectivity index (χ3v) is 10.6. The summed E-state index contributed by atoms with van der Waals surface area (Å²) in [5.41, 5.74) is 2.28. The van der Waals surface area contributed by atoms with Crippen LogP contribution >= 0.6 is 0 Å². The van der Waals surface area contributed by atoms with Gasteiger partial charge in [-0.2, -0.15) is 0 Å². The molecule has 1 fully saturated rings. The number of hydrogen-bond donors (Lipinski definition) is 4. The Morgan fingerprint density at radius 1 is 0.780 bits per heavy atom. The monoisotopic (exact) mass is 695 g/mol. The zero-order valence-corrected chi connectivity index (χ0v) is 29.5. The Kier molecular flexibility index (Phi) is 12.0. The van der Waals surface area contributed by atoms with Crippen LogP contribution in [0, 0.1) is 5.92 Å². The summed E-state index contributed by atoms with van der Waals surface area (Å²) in [6.07, 6.45) is 2.75. The minimum absolute atomic E-state index is 0.0744. The second-order valence-corrected chi connectivity index (χ2v) is 14.8. The molecule has 0 heterocycles. The lowest BCUT2D eigenvalue weighted by Crippen LogP contribution is -2.49. The van der Waals surface area contributed by atoms with Gasteiger partial charge in [-0.1, -0.05) is 78.9 Å². The number of nitrogens with zero attached hydrogens (tertiary/aromatic N) is 1. The van der Waals surface area contributed by atoms with Gasteiger partial charge >= 0.3 is 0 Å². The Bertz CT molecular complexity index is 1870. The summed E-state index contributed by atoms with van der Waals surface area (Å²) in [5.74, 6) is -0.493. The van der Waals surface area contributed by atoms with Gasteiger partial charge in [-0.15, -0.1) is 0 Å². The third-order valence-electron chi connectivity index (χ3n) is 8.84. The van der Waals surface area contributed by atoms with Gasteiger partial charge in [-0.05, 0) is 80.5 Å². The van der Waals surface area contributed by atoms with E-state index in [0.29, 0.717) is 25.4 Å². The molecule has 0 aliphatic heterocycles. The lowest BCUT2D eigenvalue weighted by atomic mass is 10.0. The smallest absolute Gasteiger partial charge is 0.264 e. The van der Waals surface area contributed by atoms with Crippen molar-refractivity contribution in [2.24, 2.45) is 5.92 Å². The van der Waals surface area contributed by atoms with Crippen molar-refractivity contribution in [3.63, 3.8) is 0 Å². The Labute approximate surface area is 294 Å². The Morgan fingerprint density at radius 2 is 1.34 bits per heavy atom. The second-order valence-electron chi connectivity index (χ2n) is 12.8. The van der Waals surface area contributed by atoms with Crippen molar-refractivity contribution in [2.75, 3.05) is 24.4 Å². The first-order valence-electron chi connectivity index (χ1n) is 16.9. The van der Waals surface area contributed by atoms with Gasteiger partial charge in [0.25, 0.3) is 21.8 Å². The number of sulfonamides is 1. The van der Waals surface area contributed by atoms with E-state index in [1.165, 1.54) is 37.4 Å². The van der Waals surface area contributed by atoms with Crippen LogP contribution in [0.5, 0.6) is 0 Å². The van der Waals surface area contributed by atoms with E-state index < -0.39 is 33.9 Å². The SMILES string of the molecule is C[C@H](NC[C@H](Cc1ccccc1)NC(=O)c1cc(C(=O)N[C@H](C)c2ccccc2)cc(N(C)S(=O)(=O)c2ccccc2)c1)C(=O)NCC1CC1. The van der Waals surface area contributed by atoms with Gasteiger partial charge in [0.05, 0.1) is 22.7 Å². The number of amides is 3. The predicted molar refractivity (Wildman–Crippen MR) is 195 cm³/mol. The molecule has 4 aromatic carbocycles. The predicted octanol–water partition coefficient (Wildman–Crippen LogP) is 4.85. The highest BCUT2D eigenvalue weighted by Crippen LogP contribution is 2.28. The maximum atomic E-state index is 14.0. The van der Waals surface area contributed by atoms with Gasteiger partial charge in [-0.3, -0.25) is 18.7 Å². The first kappa shape index (κ1) is 36.3. The Hall–Kier alpha value is -5.00. The molecule has 1 aliphatic carbocycles. The third kappa shape index (κ3) is 9.79. The second kappa shape index (κ2) is 16.6. The van der Waals surface area contributed by atoms with Crippen LogP contribution in [0.4, 0.5) is 5.69 Å². The van der Waals surface area contributed by atoms with Gasteiger partial charge in [-0.25, -0.2) is 8.42 Å². The summed E-state index contributed by atoms with van der Waals surface area (Å²) in [6.45, 7) is 4.60. The van der Waals surface area contributed by atoms with Crippen LogP contribution < -0.4 is 25.6 Å². The summed E-state index contributed by atoms with van der Waals surface area (Å²) in [6, 6.07) is 30.2. The van der Waals surface area contributed by atoms with Gasteiger partial charge in [0.1, 0.15) is 0 Å². The first-order chi connectivity index (χ1) is 24.0. The number of carbonyl (C=O) groups excluding carboxylic acids is 3. The Balaban J connectivity index is 1.41. The molecule has 0 spiro atoms. The molecule has 0 bridgehead atoms. The van der Waals surface area contributed by atoms with Crippen LogP contribution in [-0.2, 0) is 21.2 Å². The normalized spacial score (nSPS) is 14.5. The van der Waals surface area contributed by atoms with Crippen LogP contribution in [-0.4, -0.2) is 58.4 Å². The molecule has 4 aromatic rings. The Morgan fingerprint density at radius 3 is 1.94 bits per heavy atom. The molecule has 1 saturated carbocycles. The molecule has 262 valence electrons. The van der Waals surface area contributed by atoms with Gasteiger partial charge in [0.2, 0.25) is 5.91 Å². The van der Waals surface area contributed by atoms with Gasteiger partial charge in [0, 0.05) is 37.3 Å². The topological polar surface area (TPSA) is 137 Å². The molecule has 0 saturated heterocycles. The van der Waals surface area contributed by atoms with E-state index in [4.69, 9.17) is 0 Å². The fraction of sp³-hybridized carbons (Fsp3) is 0.308. The van der Waals surface area contributed by atoms with E-state index in [-0.39, 0.29) is 33.7 Å². The van der Waals surface area contributed by atoms with Crippen LogP contribution in [0.2, 0.25) is 0 Å². The molecule has 5 rings (SSSR count). The highest BCUT2D eigenvalue weighted by atomic mass is 32.2. The average molecular weight is 696 g/mol. The maximum Gasteiger partial charge on any atom is 0.264 e. The molecule has 50 heavy (non-hydrogen) atoms. The number of hydrogen-bond acceptors (Lipinski definition) is 6. The molecule has 4 N–H and O–H groups in total. The molecule has 0 unspecified atom stereocenters. The highest BCUT2D eigenvalue weighted by molar-refractivity contribution is 7.92. The molecular formula is C39H45N5O5S. The summed E-state index contributed by atoms with van der Waals surface area (Å²) in [7, 11) is -2.62. The van der Waals surface area contributed by atoms with Crippen LogP contribution in [0.15, 0.2) is 114 Å². The molecule has 3 atom stereocenters. The van der Waals surface area contributed by atoms with E-state index >= 15 is 0 Å². The number of benzene rings is 4. The molecular weight excluding hydrogens is 651 g/mol. The molecule has 11 heteroatoms. The molecule has 0 radical (unpaired) electrons. The average Bonchev–Trinajstić information content (AvgIpc) is 3.98. The zero-order valence-electron chi connectivity index (χ0n) is 28.6. The fourth-order valence-corrected chi connectivity index (χ4v) is 6.72. The van der Waals surface area contributed by atoms with Crippen LogP contribution in [0.1, 0.15) is 64.6 Å². The number of rotatable bonds is 16. The zero-order chi connectivity index (χ0) is 35.7. The van der Waals surface area contributed by atoms with Crippen molar-refractivity contribution in [3.05, 3.63) is 131 Å². The minimum atomic E-state index is -4.02. The van der Waals surface area contributed by atoms with Crippen molar-refractivity contribution in [3.8, 4) is 0 Å². The lowest BCUT2D eigenvalue weighted by molar-refractivity contribution is -0.122. The van der Waals surface area contributed by atoms with Gasteiger partial charge < -0.3 is 21.3 Å². The van der Waals surface area contributed by atoms with Gasteiger partial charge in [0.15, 0.2) is 0 Å². The lowest BCUT2D eigenvalue weighted by Gasteiger charge is -2.24. The van der Waals surface area contributed by atoms with Crippen molar-refractivity contribution in [1.82, 2.24) is 21.3 Å². The number of anilines is 1. The standard InChI is InChI=1S/C39H45N5O5S/c1-27(31-15-9-5-10-16-31)42-38(46)32-22-33(24-35(23-32)44(3)50(48,49)36-17-11-6-12-18-36)39(47)43-34(21-29-13-7-4-8-14-29)26-40-28(2)37(45)41-25-30-19-20-30/h4-18,22-24,27-28,30,34,40H,19-21,25-26H2,1-3H3,(H,41,45)(H,42,46)(H,43,47)/t27-,28+,34+/m1/s1. The maximum absolute atomic E-state index is 14.0. The number of nitrogens with one attached hydrogen (secondary N) is 4. The van der Waals surface area contributed by atoms with Crippen molar-refractivity contribution in [1.29, 1.82) is 0 Å². The fourth-order valence-electron chi connectivity index (χ4n) is 5.52.